The van der Waals surface area contributed by atoms with E-state index in [1.807, 2.05) is 32.0 Å². The van der Waals surface area contributed by atoms with Crippen molar-refractivity contribution in [2.24, 2.45) is 0 Å². The van der Waals surface area contributed by atoms with Gasteiger partial charge in [-0.2, -0.15) is 0 Å². The molecule has 1 N–H and O–H groups in total. The molecule has 2 rings (SSSR count). The molecule has 0 spiro atoms. The molecule has 5 heteroatoms. The van der Waals surface area contributed by atoms with Crippen LogP contribution < -0.4 is 5.32 Å². The van der Waals surface area contributed by atoms with Crippen molar-refractivity contribution >= 4 is 21.7 Å². The Morgan fingerprint density at radius 1 is 1.29 bits per heavy atom. The molecule has 2 aromatic heterocycles. The van der Waals surface area contributed by atoms with Gasteiger partial charge >= 0.3 is 0 Å². The fourth-order valence-electron chi connectivity index (χ4n) is 1.45. The molecular weight excluding hydrogens is 280 g/mol. The molecule has 0 saturated heterocycles. The van der Waals surface area contributed by atoms with E-state index in [1.54, 1.807) is 6.20 Å². The Labute approximate surface area is 109 Å². The fourth-order valence-corrected chi connectivity index (χ4v) is 1.77. The quantitative estimate of drug-likeness (QED) is 0.945. The van der Waals surface area contributed by atoms with Gasteiger partial charge in [-0.1, -0.05) is 6.07 Å². The van der Waals surface area contributed by atoms with Gasteiger partial charge in [0.15, 0.2) is 5.82 Å². The molecule has 0 unspecified atom stereocenters. The third-order valence-corrected chi connectivity index (χ3v) is 3.20. The Bertz CT molecular complexity index is 513. The van der Waals surface area contributed by atoms with Gasteiger partial charge in [-0.15, -0.1) is 0 Å². The number of nitrogens with one attached hydrogen (secondary N) is 1. The summed E-state index contributed by atoms with van der Waals surface area (Å²) in [6.07, 6.45) is 1.74. The molecule has 0 aliphatic rings. The van der Waals surface area contributed by atoms with E-state index in [0.717, 1.165) is 28.2 Å². The van der Waals surface area contributed by atoms with Gasteiger partial charge in [0.25, 0.3) is 0 Å². The molecule has 0 aromatic carbocycles. The highest BCUT2D eigenvalue weighted by Crippen LogP contribution is 2.25. The first-order valence-electron chi connectivity index (χ1n) is 5.41. The highest BCUT2D eigenvalue weighted by molar-refractivity contribution is 9.10. The molecule has 0 atom stereocenters. The number of pyridine rings is 1. The van der Waals surface area contributed by atoms with Crippen molar-refractivity contribution in [2.75, 3.05) is 11.9 Å². The van der Waals surface area contributed by atoms with Crippen molar-refractivity contribution in [3.05, 3.63) is 34.6 Å². The number of hydrogen-bond acceptors (Lipinski definition) is 4. The van der Waals surface area contributed by atoms with Gasteiger partial charge in [-0.05, 0) is 41.9 Å². The maximum atomic E-state index is 4.46. The van der Waals surface area contributed by atoms with Gasteiger partial charge in [-0.3, -0.25) is 4.98 Å². The normalized spacial score (nSPS) is 10.3. The molecule has 0 saturated carbocycles. The molecule has 2 aromatic rings. The van der Waals surface area contributed by atoms with Crippen LogP contribution in [0.1, 0.15) is 12.6 Å². The van der Waals surface area contributed by atoms with Crippen molar-refractivity contribution in [3.63, 3.8) is 0 Å². The van der Waals surface area contributed by atoms with Gasteiger partial charge in [0.1, 0.15) is 11.5 Å². The van der Waals surface area contributed by atoms with Crippen LogP contribution in [0.5, 0.6) is 0 Å². The number of anilines is 1. The molecule has 0 aliphatic heterocycles. The standard InChI is InChI=1S/C12H13BrN4/c1-3-14-12-10(13)8(2)16-11(17-12)9-6-4-5-7-15-9/h4-7H,3H2,1-2H3,(H,14,16,17). The van der Waals surface area contributed by atoms with Crippen LogP contribution in [0.3, 0.4) is 0 Å². The number of aryl methyl sites for hydroxylation is 1. The topological polar surface area (TPSA) is 50.7 Å². The highest BCUT2D eigenvalue weighted by Gasteiger charge is 2.10. The molecule has 88 valence electrons. The maximum absolute atomic E-state index is 4.46. The second-order valence-electron chi connectivity index (χ2n) is 3.54. The number of aromatic nitrogens is 3. The zero-order valence-corrected chi connectivity index (χ0v) is 11.3. The molecule has 2 heterocycles. The van der Waals surface area contributed by atoms with E-state index in [2.05, 4.69) is 36.2 Å². The number of rotatable bonds is 3. The van der Waals surface area contributed by atoms with Crippen LogP contribution >= 0.6 is 15.9 Å². The average Bonchev–Trinajstić information content (AvgIpc) is 2.36. The predicted molar refractivity (Wildman–Crippen MR) is 71.9 cm³/mol. The Balaban J connectivity index is 2.49. The zero-order valence-electron chi connectivity index (χ0n) is 9.74. The molecule has 0 bridgehead atoms. The summed E-state index contributed by atoms with van der Waals surface area (Å²) in [5.41, 5.74) is 1.68. The smallest absolute Gasteiger partial charge is 0.180 e. The van der Waals surface area contributed by atoms with E-state index >= 15 is 0 Å². The van der Waals surface area contributed by atoms with E-state index in [-0.39, 0.29) is 0 Å². The molecule has 0 radical (unpaired) electrons. The number of nitrogens with zero attached hydrogens (tertiary/aromatic N) is 3. The Hall–Kier alpha value is -1.49. The minimum absolute atomic E-state index is 0.641. The number of hydrogen-bond donors (Lipinski definition) is 1. The predicted octanol–water partition coefficient (Wildman–Crippen LogP) is 3.04. The van der Waals surface area contributed by atoms with Crippen molar-refractivity contribution in [3.8, 4) is 11.5 Å². The third-order valence-electron chi connectivity index (χ3n) is 2.26. The van der Waals surface area contributed by atoms with E-state index in [1.165, 1.54) is 0 Å². The highest BCUT2D eigenvalue weighted by atomic mass is 79.9. The van der Waals surface area contributed by atoms with Crippen LogP contribution in [0.15, 0.2) is 28.9 Å². The lowest BCUT2D eigenvalue weighted by atomic mass is 10.3. The van der Waals surface area contributed by atoms with Crippen LogP contribution in [0.2, 0.25) is 0 Å². The minimum atomic E-state index is 0.641. The average molecular weight is 293 g/mol. The van der Waals surface area contributed by atoms with Gasteiger partial charge in [0.2, 0.25) is 0 Å². The summed E-state index contributed by atoms with van der Waals surface area (Å²) < 4.78 is 0.902. The first-order chi connectivity index (χ1) is 8.22. The molecule has 0 amide bonds. The fraction of sp³-hybridized carbons (Fsp3) is 0.250. The Morgan fingerprint density at radius 2 is 2.12 bits per heavy atom. The van der Waals surface area contributed by atoms with Crippen molar-refractivity contribution in [2.45, 2.75) is 13.8 Å². The summed E-state index contributed by atoms with van der Waals surface area (Å²) in [7, 11) is 0. The lowest BCUT2D eigenvalue weighted by molar-refractivity contribution is 1.05. The van der Waals surface area contributed by atoms with Crippen molar-refractivity contribution in [1.82, 2.24) is 15.0 Å². The van der Waals surface area contributed by atoms with Crippen LogP contribution in [0.4, 0.5) is 5.82 Å². The van der Waals surface area contributed by atoms with Gasteiger partial charge in [0, 0.05) is 12.7 Å². The first-order valence-corrected chi connectivity index (χ1v) is 6.21. The Kier molecular flexibility index (Phi) is 3.68. The SMILES string of the molecule is CCNc1nc(-c2ccccn2)nc(C)c1Br. The van der Waals surface area contributed by atoms with Gasteiger partial charge in [0.05, 0.1) is 10.2 Å². The summed E-state index contributed by atoms with van der Waals surface area (Å²) in [6, 6.07) is 5.70. The minimum Gasteiger partial charge on any atom is -0.369 e. The lowest BCUT2D eigenvalue weighted by Crippen LogP contribution is -2.04. The molecule has 0 aliphatic carbocycles. The van der Waals surface area contributed by atoms with Crippen LogP contribution in [0.25, 0.3) is 11.5 Å². The largest absolute Gasteiger partial charge is 0.369 e. The monoisotopic (exact) mass is 292 g/mol. The van der Waals surface area contributed by atoms with Crippen LogP contribution in [0, 0.1) is 6.92 Å². The summed E-state index contributed by atoms with van der Waals surface area (Å²) in [4.78, 5) is 13.1. The second kappa shape index (κ2) is 5.23. The summed E-state index contributed by atoms with van der Waals surface area (Å²) in [6.45, 7) is 4.79. The third kappa shape index (κ3) is 2.61. The van der Waals surface area contributed by atoms with Gasteiger partial charge in [-0.25, -0.2) is 9.97 Å². The Morgan fingerprint density at radius 3 is 2.76 bits per heavy atom. The summed E-state index contributed by atoms with van der Waals surface area (Å²) >= 11 is 3.48. The molecule has 4 nitrogen and oxygen atoms in total. The molecular formula is C12H13BrN4. The first kappa shape index (κ1) is 12.0. The zero-order chi connectivity index (χ0) is 12.3. The summed E-state index contributed by atoms with van der Waals surface area (Å²) in [5, 5.41) is 3.20. The van der Waals surface area contributed by atoms with Crippen molar-refractivity contribution in [1.29, 1.82) is 0 Å². The van der Waals surface area contributed by atoms with E-state index < -0.39 is 0 Å². The molecule has 17 heavy (non-hydrogen) atoms. The van der Waals surface area contributed by atoms with E-state index in [4.69, 9.17) is 0 Å². The van der Waals surface area contributed by atoms with E-state index in [0.29, 0.717) is 5.82 Å². The van der Waals surface area contributed by atoms with Crippen LogP contribution in [-0.4, -0.2) is 21.5 Å². The van der Waals surface area contributed by atoms with E-state index in [9.17, 15) is 0 Å². The summed E-state index contributed by atoms with van der Waals surface area (Å²) in [5.74, 6) is 1.45. The lowest BCUT2D eigenvalue weighted by Gasteiger charge is -2.09. The van der Waals surface area contributed by atoms with Gasteiger partial charge < -0.3 is 5.32 Å². The van der Waals surface area contributed by atoms with Crippen molar-refractivity contribution < 1.29 is 0 Å². The second-order valence-corrected chi connectivity index (χ2v) is 4.33. The maximum Gasteiger partial charge on any atom is 0.180 e. The molecule has 0 fully saturated rings. The van der Waals surface area contributed by atoms with Crippen LogP contribution in [-0.2, 0) is 0 Å². The number of halogens is 1.